The molecule has 10 nitrogen and oxygen atoms in total. The minimum Gasteiger partial charge on any atom is -0.464 e. The maximum atomic E-state index is 12.8. The number of H-pyrrole nitrogens is 1. The molecule has 26 heavy (non-hydrogen) atoms. The number of carbonyl (C=O) groups excluding carboxylic acids is 2. The summed E-state index contributed by atoms with van der Waals surface area (Å²) >= 11 is 0. The van der Waals surface area contributed by atoms with Crippen molar-refractivity contribution in [1.82, 2.24) is 9.29 Å². The number of rotatable bonds is 8. The van der Waals surface area contributed by atoms with Crippen molar-refractivity contribution in [3.8, 4) is 0 Å². The van der Waals surface area contributed by atoms with E-state index in [4.69, 9.17) is 13.9 Å². The Bertz CT molecular complexity index is 939. The van der Waals surface area contributed by atoms with Crippen LogP contribution in [-0.4, -0.2) is 55.9 Å². The van der Waals surface area contributed by atoms with Crippen LogP contribution >= 0.6 is 0 Å². The van der Waals surface area contributed by atoms with Crippen LogP contribution in [0.4, 0.5) is 0 Å². The van der Waals surface area contributed by atoms with Gasteiger partial charge < -0.3 is 13.9 Å². The van der Waals surface area contributed by atoms with E-state index in [0.29, 0.717) is 5.52 Å². The highest BCUT2D eigenvalue weighted by Gasteiger charge is 2.25. The Morgan fingerprint density at radius 2 is 1.69 bits per heavy atom. The highest BCUT2D eigenvalue weighted by molar-refractivity contribution is 7.89. The Kier molecular flexibility index (Phi) is 6.16. The highest BCUT2D eigenvalue weighted by atomic mass is 32.2. The summed E-state index contributed by atoms with van der Waals surface area (Å²) in [6.45, 7) is 1.85. The fraction of sp³-hybridized carbons (Fsp3) is 0.400. The van der Waals surface area contributed by atoms with Crippen LogP contribution in [-0.2, 0) is 29.1 Å². The number of hydrogen-bond acceptors (Lipinski definition) is 8. The molecule has 0 unspecified atom stereocenters. The van der Waals surface area contributed by atoms with E-state index < -0.39 is 27.7 Å². The number of aromatic nitrogens is 1. The average molecular weight is 386 g/mol. The van der Waals surface area contributed by atoms with Gasteiger partial charge in [-0.1, -0.05) is 0 Å². The molecule has 1 aromatic heterocycles. The number of esters is 2. The Morgan fingerprint density at radius 3 is 2.23 bits per heavy atom. The molecular formula is C15H18N2O8S. The van der Waals surface area contributed by atoms with Crippen LogP contribution < -0.4 is 5.76 Å². The lowest BCUT2D eigenvalue weighted by molar-refractivity contribution is -0.141. The normalized spacial score (nSPS) is 11.7. The van der Waals surface area contributed by atoms with Gasteiger partial charge in [0.15, 0.2) is 5.58 Å². The van der Waals surface area contributed by atoms with Crippen molar-refractivity contribution in [3.05, 3.63) is 28.7 Å². The second kappa shape index (κ2) is 8.15. The summed E-state index contributed by atoms with van der Waals surface area (Å²) in [5, 5.41) is 0. The van der Waals surface area contributed by atoms with Gasteiger partial charge in [0.05, 0.1) is 10.4 Å². The summed E-state index contributed by atoms with van der Waals surface area (Å²) in [6, 6.07) is 3.93. The lowest BCUT2D eigenvalue weighted by Gasteiger charge is -2.21. The predicted molar refractivity (Wildman–Crippen MR) is 88.9 cm³/mol. The van der Waals surface area contributed by atoms with E-state index in [9.17, 15) is 22.8 Å². The monoisotopic (exact) mass is 386 g/mol. The fourth-order valence-electron chi connectivity index (χ4n) is 2.17. The molecule has 0 atom stereocenters. The molecular weight excluding hydrogens is 368 g/mol. The molecule has 0 bridgehead atoms. The number of oxazole rings is 1. The quantitative estimate of drug-likeness (QED) is 0.637. The van der Waals surface area contributed by atoms with Gasteiger partial charge in [-0.15, -0.1) is 0 Å². The van der Waals surface area contributed by atoms with E-state index in [1.807, 2.05) is 0 Å². The largest absolute Gasteiger partial charge is 0.464 e. The summed E-state index contributed by atoms with van der Waals surface area (Å²) < 4.78 is 41.2. The molecule has 1 heterocycles. The van der Waals surface area contributed by atoms with E-state index in [1.165, 1.54) is 32.0 Å². The average Bonchev–Trinajstić information content (AvgIpc) is 2.91. The van der Waals surface area contributed by atoms with Crippen LogP contribution in [0.2, 0.25) is 0 Å². The van der Waals surface area contributed by atoms with Crippen molar-refractivity contribution in [2.24, 2.45) is 0 Å². The molecule has 0 saturated carbocycles. The maximum Gasteiger partial charge on any atom is 0.417 e. The smallest absolute Gasteiger partial charge is 0.417 e. The van der Waals surface area contributed by atoms with Gasteiger partial charge in [-0.05, 0) is 12.1 Å². The van der Waals surface area contributed by atoms with Crippen molar-refractivity contribution in [2.45, 2.75) is 18.7 Å². The number of hydrogen-bond donors (Lipinski definition) is 1. The molecule has 11 heteroatoms. The molecule has 142 valence electrons. The van der Waals surface area contributed by atoms with E-state index in [2.05, 4.69) is 4.98 Å². The molecule has 0 aliphatic rings. The third-order valence-electron chi connectivity index (χ3n) is 3.32. The predicted octanol–water partition coefficient (Wildman–Crippen LogP) is 0.238. The Balaban J connectivity index is 2.26. The third kappa shape index (κ3) is 4.92. The lowest BCUT2D eigenvalue weighted by atomic mass is 10.3. The number of fused-ring (bicyclic) bond motifs is 1. The second-order valence-electron chi connectivity index (χ2n) is 5.26. The van der Waals surface area contributed by atoms with E-state index in [-0.39, 0.29) is 36.8 Å². The molecule has 0 aliphatic heterocycles. The van der Waals surface area contributed by atoms with Crippen LogP contribution in [0, 0.1) is 0 Å². The Morgan fingerprint density at radius 1 is 1.12 bits per heavy atom. The minimum atomic E-state index is -4.00. The van der Waals surface area contributed by atoms with Gasteiger partial charge in [0.25, 0.3) is 0 Å². The number of ether oxygens (including phenoxy) is 2. The zero-order valence-corrected chi connectivity index (χ0v) is 15.0. The molecule has 0 aliphatic carbocycles. The van der Waals surface area contributed by atoms with Crippen molar-refractivity contribution in [1.29, 1.82) is 0 Å². The van der Waals surface area contributed by atoms with Crippen molar-refractivity contribution in [2.75, 3.05) is 26.3 Å². The van der Waals surface area contributed by atoms with Crippen molar-refractivity contribution >= 4 is 33.1 Å². The van der Waals surface area contributed by atoms with Gasteiger partial charge in [0, 0.05) is 33.0 Å². The molecule has 2 aromatic rings. The first kappa shape index (κ1) is 19.7. The number of carbonyl (C=O) groups is 2. The zero-order chi connectivity index (χ0) is 19.3. The minimum absolute atomic E-state index is 0.0935. The van der Waals surface area contributed by atoms with Gasteiger partial charge in [-0.2, -0.15) is 4.31 Å². The summed E-state index contributed by atoms with van der Waals surface area (Å²) in [7, 11) is -4.00. The van der Waals surface area contributed by atoms with Crippen LogP contribution in [0.1, 0.15) is 13.8 Å². The molecule has 2 rings (SSSR count). The summed E-state index contributed by atoms with van der Waals surface area (Å²) in [6.07, 6.45) is 0. The molecule has 0 spiro atoms. The maximum absolute atomic E-state index is 12.8. The van der Waals surface area contributed by atoms with Crippen LogP contribution in [0.25, 0.3) is 11.1 Å². The molecule has 0 fully saturated rings. The number of nitrogens with zero attached hydrogens (tertiary/aromatic N) is 1. The Hall–Kier alpha value is -2.66. The lowest BCUT2D eigenvalue weighted by Crippen LogP contribution is -2.37. The van der Waals surface area contributed by atoms with Crippen LogP contribution in [0.3, 0.4) is 0 Å². The van der Waals surface area contributed by atoms with E-state index >= 15 is 0 Å². The van der Waals surface area contributed by atoms with Gasteiger partial charge in [-0.3, -0.25) is 14.6 Å². The number of sulfonamides is 1. The SMILES string of the molecule is CC(=O)OCCN(CCOC(C)=O)S(=O)(=O)c1ccc2[nH]c(=O)oc2c1. The van der Waals surface area contributed by atoms with Crippen LogP contribution in [0.15, 0.2) is 32.3 Å². The summed E-state index contributed by atoms with van der Waals surface area (Å²) in [4.78, 5) is 35.3. The second-order valence-corrected chi connectivity index (χ2v) is 7.19. The number of aromatic amines is 1. The first-order chi connectivity index (χ1) is 12.2. The molecule has 0 saturated heterocycles. The zero-order valence-electron chi connectivity index (χ0n) is 14.2. The van der Waals surface area contributed by atoms with Gasteiger partial charge >= 0.3 is 17.7 Å². The molecule has 1 aromatic carbocycles. The van der Waals surface area contributed by atoms with Crippen molar-refractivity contribution < 1.29 is 31.9 Å². The van der Waals surface area contributed by atoms with Gasteiger partial charge in [0.1, 0.15) is 13.2 Å². The first-order valence-electron chi connectivity index (χ1n) is 7.60. The van der Waals surface area contributed by atoms with Gasteiger partial charge in [0.2, 0.25) is 10.0 Å². The van der Waals surface area contributed by atoms with E-state index in [1.54, 1.807) is 0 Å². The fourth-order valence-corrected chi connectivity index (χ4v) is 3.59. The summed E-state index contributed by atoms with van der Waals surface area (Å²) in [5.74, 6) is -1.79. The van der Waals surface area contributed by atoms with Crippen LogP contribution in [0.5, 0.6) is 0 Å². The van der Waals surface area contributed by atoms with Gasteiger partial charge in [-0.25, -0.2) is 13.2 Å². The topological polar surface area (TPSA) is 136 Å². The summed E-state index contributed by atoms with van der Waals surface area (Å²) in [5.41, 5.74) is 0.455. The Labute approximate surface area is 148 Å². The molecule has 0 radical (unpaired) electrons. The van der Waals surface area contributed by atoms with Crippen molar-refractivity contribution in [3.63, 3.8) is 0 Å². The standard InChI is InChI=1S/C15H18N2O8S/c1-10(18)23-7-5-17(6-8-24-11(2)19)26(21,22)12-3-4-13-14(9-12)25-15(20)16-13/h3-4,9H,5-8H2,1-2H3,(H,16,20). The highest BCUT2D eigenvalue weighted by Crippen LogP contribution is 2.20. The number of nitrogens with one attached hydrogen (secondary N) is 1. The first-order valence-corrected chi connectivity index (χ1v) is 9.04. The molecule has 1 N–H and O–H groups in total. The van der Waals surface area contributed by atoms with E-state index in [0.717, 1.165) is 4.31 Å². The third-order valence-corrected chi connectivity index (χ3v) is 5.22. The number of benzene rings is 1. The molecule has 0 amide bonds.